The largest absolute Gasteiger partial charge is 0.363 e. The molecule has 3 saturated carbocycles. The summed E-state index contributed by atoms with van der Waals surface area (Å²) in [7, 11) is -3.56. The van der Waals surface area contributed by atoms with Crippen molar-refractivity contribution in [3.63, 3.8) is 0 Å². The van der Waals surface area contributed by atoms with Crippen molar-refractivity contribution in [1.82, 2.24) is 20.9 Å². The van der Waals surface area contributed by atoms with Crippen molar-refractivity contribution in [2.45, 2.75) is 135 Å². The Balaban J connectivity index is 1.56. The molecule has 0 spiro atoms. The van der Waals surface area contributed by atoms with Crippen LogP contribution in [0, 0.1) is 28.6 Å². The van der Waals surface area contributed by atoms with E-state index in [4.69, 9.17) is 5.73 Å². The molecule has 0 radical (unpaired) electrons. The van der Waals surface area contributed by atoms with Gasteiger partial charge in [-0.3, -0.25) is 19.2 Å². The molecule has 0 aromatic carbocycles. The van der Waals surface area contributed by atoms with Gasteiger partial charge in [0.2, 0.25) is 17.6 Å². The van der Waals surface area contributed by atoms with E-state index in [9.17, 15) is 32.4 Å². The van der Waals surface area contributed by atoms with Crippen molar-refractivity contribution in [3.8, 4) is 0 Å². The predicted octanol–water partition coefficient (Wildman–Crippen LogP) is 2.44. The molecule has 0 aromatic rings. The summed E-state index contributed by atoms with van der Waals surface area (Å²) in [6, 6.07) is -3.57. The fourth-order valence-electron chi connectivity index (χ4n) is 7.71. The Morgan fingerprint density at radius 2 is 1.50 bits per heavy atom. The molecule has 4 rings (SSSR count). The Morgan fingerprint density at radius 3 is 1.98 bits per heavy atom. The second kappa shape index (κ2) is 12.4. The molecule has 0 aromatic heterocycles. The zero-order valence-corrected chi connectivity index (χ0v) is 29.6. The van der Waals surface area contributed by atoms with Gasteiger partial charge in [-0.2, -0.15) is 0 Å². The molecule has 13 heteroatoms. The molecule has 12 nitrogen and oxygen atoms in total. The second-order valence-corrected chi connectivity index (χ2v) is 19.6. The average Bonchev–Trinajstić information content (AvgIpc) is 3.21. The summed E-state index contributed by atoms with van der Waals surface area (Å²) in [6.45, 7) is 14.8. The summed E-state index contributed by atoms with van der Waals surface area (Å²) in [5.74, 6) is -3.32. The molecule has 46 heavy (non-hydrogen) atoms. The van der Waals surface area contributed by atoms with Crippen LogP contribution >= 0.6 is 0 Å². The lowest BCUT2D eigenvalue weighted by atomic mass is 9.78. The first-order chi connectivity index (χ1) is 21.0. The number of sulfone groups is 1. The minimum absolute atomic E-state index is 0.0590. The highest BCUT2D eigenvalue weighted by Gasteiger charge is 2.70. The number of urea groups is 1. The third-order valence-electron chi connectivity index (χ3n) is 11.2. The number of hydrogen-bond donors (Lipinski definition) is 4. The van der Waals surface area contributed by atoms with Gasteiger partial charge in [-0.15, -0.1) is 0 Å². The molecule has 5 amide bonds. The van der Waals surface area contributed by atoms with E-state index >= 15 is 0 Å². The molecule has 0 bridgehead atoms. The first-order valence-corrected chi connectivity index (χ1v) is 18.4. The van der Waals surface area contributed by atoms with Crippen LogP contribution in [-0.4, -0.2) is 83.6 Å². The summed E-state index contributed by atoms with van der Waals surface area (Å²) in [6.07, 6.45) is 5.82. The Hall–Kier alpha value is -2.70. The summed E-state index contributed by atoms with van der Waals surface area (Å²) in [4.78, 5) is 67.9. The van der Waals surface area contributed by atoms with Crippen molar-refractivity contribution in [3.05, 3.63) is 0 Å². The molecular formula is C33H55N5O7S. The molecule has 1 aliphatic heterocycles. The topological polar surface area (TPSA) is 185 Å². The third-order valence-corrected chi connectivity index (χ3v) is 14.0. The van der Waals surface area contributed by atoms with Gasteiger partial charge in [0.15, 0.2) is 9.84 Å². The van der Waals surface area contributed by atoms with Gasteiger partial charge in [-0.25, -0.2) is 13.2 Å². The van der Waals surface area contributed by atoms with Crippen molar-refractivity contribution >= 4 is 39.4 Å². The normalized spacial score (nSPS) is 27.0. The number of nitrogens with two attached hydrogens (primary N) is 1. The van der Waals surface area contributed by atoms with Gasteiger partial charge in [0.05, 0.1) is 16.0 Å². The number of nitrogens with one attached hydrogen (secondary N) is 3. The first kappa shape index (κ1) is 36.1. The van der Waals surface area contributed by atoms with E-state index in [1.807, 2.05) is 34.6 Å². The van der Waals surface area contributed by atoms with Gasteiger partial charge >= 0.3 is 6.03 Å². The van der Waals surface area contributed by atoms with Crippen LogP contribution in [-0.2, 0) is 29.0 Å². The molecule has 1 heterocycles. The van der Waals surface area contributed by atoms with E-state index in [2.05, 4.69) is 16.0 Å². The van der Waals surface area contributed by atoms with Gasteiger partial charge in [-0.05, 0) is 75.0 Å². The maximum atomic E-state index is 14.3. The molecule has 4 fully saturated rings. The van der Waals surface area contributed by atoms with Gasteiger partial charge in [0.1, 0.15) is 18.1 Å². The fraction of sp³-hybridized carbons (Fsp3) is 0.848. The number of carbonyl (C=O) groups excluding carboxylic acids is 5. The van der Waals surface area contributed by atoms with Crippen molar-refractivity contribution in [1.29, 1.82) is 0 Å². The van der Waals surface area contributed by atoms with Crippen LogP contribution in [0.5, 0.6) is 0 Å². The molecule has 1 saturated heterocycles. The number of fused-ring (bicyclic) bond motifs is 1. The lowest BCUT2D eigenvalue weighted by Crippen LogP contribution is -2.64. The van der Waals surface area contributed by atoms with E-state index in [1.54, 1.807) is 20.8 Å². The van der Waals surface area contributed by atoms with E-state index < -0.39 is 73.2 Å². The number of ketones is 1. The molecular weight excluding hydrogens is 610 g/mol. The fourth-order valence-corrected chi connectivity index (χ4v) is 9.23. The number of piperidine rings is 1. The van der Waals surface area contributed by atoms with E-state index in [0.29, 0.717) is 32.2 Å². The highest BCUT2D eigenvalue weighted by atomic mass is 32.2. The van der Waals surface area contributed by atoms with Crippen LogP contribution in [0.2, 0.25) is 0 Å². The SMILES string of the molecule is CC(C)(C)[C@H](NC(=O)NC1(CS(=O)(=O)C(C)(C)C)CCCCC1)C(=O)N1CC2[C@@H]([C@H]1C(=O)NC(C(=O)C(N)=O)C1CCC1)C2(C)C. The van der Waals surface area contributed by atoms with Crippen LogP contribution < -0.4 is 21.7 Å². The average molecular weight is 666 g/mol. The van der Waals surface area contributed by atoms with Gasteiger partial charge in [-0.1, -0.05) is 60.3 Å². The zero-order valence-electron chi connectivity index (χ0n) is 28.8. The van der Waals surface area contributed by atoms with Crippen LogP contribution in [0.4, 0.5) is 4.79 Å². The summed E-state index contributed by atoms with van der Waals surface area (Å²) in [5, 5.41) is 8.65. The van der Waals surface area contributed by atoms with Crippen molar-refractivity contribution in [2.24, 2.45) is 34.3 Å². The number of likely N-dealkylation sites (tertiary alicyclic amines) is 1. The summed E-state index contributed by atoms with van der Waals surface area (Å²) >= 11 is 0. The smallest absolute Gasteiger partial charge is 0.315 e. The zero-order chi connectivity index (χ0) is 34.6. The maximum Gasteiger partial charge on any atom is 0.315 e. The number of rotatable bonds is 10. The molecule has 260 valence electrons. The lowest BCUT2D eigenvalue weighted by Gasteiger charge is -2.41. The van der Waals surface area contributed by atoms with Crippen LogP contribution in [0.3, 0.4) is 0 Å². The van der Waals surface area contributed by atoms with Gasteiger partial charge < -0.3 is 26.6 Å². The van der Waals surface area contributed by atoms with E-state index in [1.165, 1.54) is 4.90 Å². The Morgan fingerprint density at radius 1 is 0.913 bits per heavy atom. The number of nitrogens with zero attached hydrogens (tertiary/aromatic N) is 1. The minimum atomic E-state index is -3.56. The number of primary amides is 1. The summed E-state index contributed by atoms with van der Waals surface area (Å²) < 4.78 is 25.5. The van der Waals surface area contributed by atoms with Gasteiger partial charge in [0.25, 0.3) is 5.91 Å². The summed E-state index contributed by atoms with van der Waals surface area (Å²) in [5.41, 5.74) is 3.40. The second-order valence-electron chi connectivity index (χ2n) is 16.9. The predicted molar refractivity (Wildman–Crippen MR) is 174 cm³/mol. The number of Topliss-reactive ketones (excluding diaryl/α,β-unsaturated/α-hetero) is 1. The Labute approximate surface area is 274 Å². The standard InChI is InChI=1S/C33H55N5O7S/c1-30(2,3)25(36-29(43)37-33(15-10-9-11-16-33)18-46(44,45)31(4,5)6)28(42)38-17-20-21(32(20,7)8)23(38)27(41)35-22(19-13-12-14-19)24(39)26(34)40/h19-23,25H,9-18H2,1-8H3,(H2,34,40)(H,35,41)(H2,36,37,43)/t20?,21-,22?,23-,25+/m0/s1. The number of hydrogen-bond acceptors (Lipinski definition) is 7. The number of amides is 5. The quantitative estimate of drug-likeness (QED) is 0.258. The van der Waals surface area contributed by atoms with Crippen molar-refractivity contribution < 1.29 is 32.4 Å². The highest BCUT2D eigenvalue weighted by molar-refractivity contribution is 7.92. The van der Waals surface area contributed by atoms with Gasteiger partial charge in [0, 0.05) is 6.54 Å². The molecule has 3 aliphatic carbocycles. The van der Waals surface area contributed by atoms with Crippen molar-refractivity contribution in [2.75, 3.05) is 12.3 Å². The maximum absolute atomic E-state index is 14.3. The molecule has 5 N–H and O–H groups in total. The first-order valence-electron chi connectivity index (χ1n) is 16.8. The Kier molecular flexibility index (Phi) is 9.74. The lowest BCUT2D eigenvalue weighted by molar-refractivity contribution is -0.145. The molecule has 5 atom stereocenters. The van der Waals surface area contributed by atoms with Crippen LogP contribution in [0.25, 0.3) is 0 Å². The number of carbonyl (C=O) groups is 5. The minimum Gasteiger partial charge on any atom is -0.363 e. The third kappa shape index (κ3) is 7.08. The van der Waals surface area contributed by atoms with E-state index in [-0.39, 0.29) is 28.9 Å². The molecule has 2 unspecified atom stereocenters. The van der Waals surface area contributed by atoms with Crippen LogP contribution in [0.15, 0.2) is 0 Å². The highest BCUT2D eigenvalue weighted by Crippen LogP contribution is 2.65. The Bertz CT molecular complexity index is 1350. The van der Waals surface area contributed by atoms with Crippen LogP contribution in [0.1, 0.15) is 107 Å². The monoisotopic (exact) mass is 665 g/mol. The van der Waals surface area contributed by atoms with E-state index in [0.717, 1.165) is 25.7 Å². The molecule has 4 aliphatic rings.